The zero-order valence-corrected chi connectivity index (χ0v) is 14.5. The van der Waals surface area contributed by atoms with Crippen molar-refractivity contribution in [2.24, 2.45) is 12.0 Å². The molecule has 0 saturated heterocycles. The van der Waals surface area contributed by atoms with Gasteiger partial charge in [-0.3, -0.25) is 9.67 Å². The standard InChI is InChI=1S/C13H25N5.HI/c1-4-8-15-13(14-5-2)16-9-6-7-12-10-17-18(3)11-12;/h10-11H,4-9H2,1-3H3,(H2,14,15,16);1H. The summed E-state index contributed by atoms with van der Waals surface area (Å²) in [5.41, 5.74) is 1.29. The van der Waals surface area contributed by atoms with E-state index < -0.39 is 0 Å². The SMILES string of the molecule is CCCN=C(NCC)NCCCc1cnn(C)c1.I. The Morgan fingerprint density at radius 3 is 2.74 bits per heavy atom. The van der Waals surface area contributed by atoms with Crippen molar-refractivity contribution in [2.45, 2.75) is 33.1 Å². The Morgan fingerprint density at radius 1 is 1.37 bits per heavy atom. The summed E-state index contributed by atoms with van der Waals surface area (Å²) in [6, 6.07) is 0. The minimum atomic E-state index is 0. The Hall–Kier alpha value is -0.790. The summed E-state index contributed by atoms with van der Waals surface area (Å²) in [5, 5.41) is 10.7. The summed E-state index contributed by atoms with van der Waals surface area (Å²) in [4.78, 5) is 4.46. The highest BCUT2D eigenvalue weighted by Gasteiger charge is 1.98. The van der Waals surface area contributed by atoms with E-state index in [-0.39, 0.29) is 24.0 Å². The lowest BCUT2D eigenvalue weighted by Crippen LogP contribution is -2.38. The minimum absolute atomic E-state index is 0. The van der Waals surface area contributed by atoms with Crippen molar-refractivity contribution < 1.29 is 0 Å². The van der Waals surface area contributed by atoms with Crippen LogP contribution in [0, 0.1) is 0 Å². The van der Waals surface area contributed by atoms with Crippen molar-refractivity contribution in [1.82, 2.24) is 20.4 Å². The predicted octanol–water partition coefficient (Wildman–Crippen LogP) is 1.94. The van der Waals surface area contributed by atoms with Crippen LogP contribution in [-0.2, 0) is 13.5 Å². The highest BCUT2D eigenvalue weighted by atomic mass is 127. The Morgan fingerprint density at radius 2 is 2.16 bits per heavy atom. The molecule has 1 aromatic heterocycles. The van der Waals surface area contributed by atoms with Crippen LogP contribution in [0.15, 0.2) is 17.4 Å². The second-order valence-corrected chi connectivity index (χ2v) is 4.31. The lowest BCUT2D eigenvalue weighted by atomic mass is 10.2. The zero-order chi connectivity index (χ0) is 13.2. The second kappa shape index (κ2) is 11.1. The van der Waals surface area contributed by atoms with E-state index in [4.69, 9.17) is 0 Å². The summed E-state index contributed by atoms with van der Waals surface area (Å²) < 4.78 is 1.84. The fourth-order valence-corrected chi connectivity index (χ4v) is 1.67. The molecule has 0 radical (unpaired) electrons. The van der Waals surface area contributed by atoms with E-state index in [1.54, 1.807) is 0 Å². The van der Waals surface area contributed by atoms with Gasteiger partial charge in [0.2, 0.25) is 0 Å². The van der Waals surface area contributed by atoms with Gasteiger partial charge in [-0.25, -0.2) is 0 Å². The van der Waals surface area contributed by atoms with Crippen molar-refractivity contribution in [3.05, 3.63) is 18.0 Å². The molecule has 0 aliphatic heterocycles. The van der Waals surface area contributed by atoms with Gasteiger partial charge < -0.3 is 10.6 Å². The van der Waals surface area contributed by atoms with E-state index in [1.807, 2.05) is 17.9 Å². The number of rotatable bonds is 7. The lowest BCUT2D eigenvalue weighted by Gasteiger charge is -2.10. The third kappa shape index (κ3) is 8.07. The van der Waals surface area contributed by atoms with E-state index in [0.29, 0.717) is 0 Å². The quantitative estimate of drug-likeness (QED) is 0.330. The van der Waals surface area contributed by atoms with E-state index in [1.165, 1.54) is 5.56 Å². The van der Waals surface area contributed by atoms with Crippen LogP contribution in [0.2, 0.25) is 0 Å². The van der Waals surface area contributed by atoms with Gasteiger partial charge in [0.1, 0.15) is 0 Å². The highest BCUT2D eigenvalue weighted by molar-refractivity contribution is 14.0. The van der Waals surface area contributed by atoms with Crippen molar-refractivity contribution in [3.8, 4) is 0 Å². The number of nitrogens with zero attached hydrogens (tertiary/aromatic N) is 3. The molecule has 0 amide bonds. The maximum atomic E-state index is 4.46. The Kier molecular flexibility index (Phi) is 10.6. The monoisotopic (exact) mass is 379 g/mol. The number of aromatic nitrogens is 2. The van der Waals surface area contributed by atoms with Gasteiger partial charge in [0.25, 0.3) is 0 Å². The van der Waals surface area contributed by atoms with Crippen LogP contribution in [0.1, 0.15) is 32.3 Å². The van der Waals surface area contributed by atoms with Crippen LogP contribution in [0.4, 0.5) is 0 Å². The fraction of sp³-hybridized carbons (Fsp3) is 0.692. The molecule has 0 spiro atoms. The average Bonchev–Trinajstić information content (AvgIpc) is 2.77. The molecule has 0 saturated carbocycles. The summed E-state index contributed by atoms with van der Waals surface area (Å²) in [7, 11) is 1.95. The first-order valence-corrected chi connectivity index (χ1v) is 6.76. The maximum absolute atomic E-state index is 4.46. The van der Waals surface area contributed by atoms with E-state index in [2.05, 4.69) is 40.8 Å². The van der Waals surface area contributed by atoms with Crippen LogP contribution in [0.3, 0.4) is 0 Å². The molecule has 1 rings (SSSR count). The molecule has 0 aliphatic carbocycles. The van der Waals surface area contributed by atoms with Crippen molar-refractivity contribution in [1.29, 1.82) is 0 Å². The van der Waals surface area contributed by atoms with Gasteiger partial charge in [0.15, 0.2) is 5.96 Å². The lowest BCUT2D eigenvalue weighted by molar-refractivity contribution is 0.739. The molecule has 1 heterocycles. The van der Waals surface area contributed by atoms with Crippen LogP contribution in [-0.4, -0.2) is 35.4 Å². The Balaban J connectivity index is 0.00000324. The van der Waals surface area contributed by atoms with Crippen LogP contribution in [0.25, 0.3) is 0 Å². The third-order valence-corrected chi connectivity index (χ3v) is 2.53. The topological polar surface area (TPSA) is 54.2 Å². The highest BCUT2D eigenvalue weighted by Crippen LogP contribution is 1.99. The van der Waals surface area contributed by atoms with E-state index in [9.17, 15) is 0 Å². The molecule has 6 heteroatoms. The average molecular weight is 379 g/mol. The van der Waals surface area contributed by atoms with Gasteiger partial charge in [-0.15, -0.1) is 24.0 Å². The number of hydrogen-bond donors (Lipinski definition) is 2. The molecule has 2 N–H and O–H groups in total. The minimum Gasteiger partial charge on any atom is -0.357 e. The summed E-state index contributed by atoms with van der Waals surface area (Å²) in [6.07, 6.45) is 7.20. The first kappa shape index (κ1) is 18.2. The van der Waals surface area contributed by atoms with Crippen LogP contribution < -0.4 is 10.6 Å². The van der Waals surface area contributed by atoms with Crippen molar-refractivity contribution in [2.75, 3.05) is 19.6 Å². The Labute approximate surface area is 133 Å². The fourth-order valence-electron chi connectivity index (χ4n) is 1.67. The van der Waals surface area contributed by atoms with Gasteiger partial charge in [0, 0.05) is 32.9 Å². The van der Waals surface area contributed by atoms with Crippen molar-refractivity contribution >= 4 is 29.9 Å². The van der Waals surface area contributed by atoms with E-state index in [0.717, 1.165) is 44.9 Å². The second-order valence-electron chi connectivity index (χ2n) is 4.31. The predicted molar refractivity (Wildman–Crippen MR) is 91.2 cm³/mol. The number of nitrogens with one attached hydrogen (secondary N) is 2. The summed E-state index contributed by atoms with van der Waals surface area (Å²) >= 11 is 0. The van der Waals surface area contributed by atoms with E-state index >= 15 is 0 Å². The first-order chi connectivity index (χ1) is 8.76. The smallest absolute Gasteiger partial charge is 0.191 e. The first-order valence-electron chi connectivity index (χ1n) is 6.76. The van der Waals surface area contributed by atoms with Crippen molar-refractivity contribution in [3.63, 3.8) is 0 Å². The number of aliphatic imine (C=N–C) groups is 1. The molecule has 0 aliphatic rings. The molecule has 0 aromatic carbocycles. The number of hydrogen-bond acceptors (Lipinski definition) is 2. The third-order valence-electron chi connectivity index (χ3n) is 2.53. The maximum Gasteiger partial charge on any atom is 0.191 e. The molecule has 0 unspecified atom stereocenters. The van der Waals surface area contributed by atoms with Crippen LogP contribution in [0.5, 0.6) is 0 Å². The van der Waals surface area contributed by atoms with Gasteiger partial charge in [-0.1, -0.05) is 6.92 Å². The molecule has 0 atom stereocenters. The number of aryl methyl sites for hydroxylation is 2. The molecule has 0 fully saturated rings. The molecular formula is C13H26IN5. The normalized spacial score (nSPS) is 11.0. The van der Waals surface area contributed by atoms with Gasteiger partial charge in [-0.05, 0) is 31.7 Å². The van der Waals surface area contributed by atoms with Gasteiger partial charge in [0.05, 0.1) is 6.20 Å². The zero-order valence-electron chi connectivity index (χ0n) is 12.1. The number of halogens is 1. The number of guanidine groups is 1. The molecular weight excluding hydrogens is 353 g/mol. The van der Waals surface area contributed by atoms with Gasteiger partial charge >= 0.3 is 0 Å². The van der Waals surface area contributed by atoms with Crippen LogP contribution >= 0.6 is 24.0 Å². The molecule has 110 valence electrons. The molecule has 0 bridgehead atoms. The summed E-state index contributed by atoms with van der Waals surface area (Å²) in [5.74, 6) is 0.922. The van der Waals surface area contributed by atoms with Gasteiger partial charge in [-0.2, -0.15) is 5.10 Å². The molecule has 1 aromatic rings. The summed E-state index contributed by atoms with van der Waals surface area (Å²) in [6.45, 7) is 6.93. The molecule has 5 nitrogen and oxygen atoms in total. The largest absolute Gasteiger partial charge is 0.357 e. The Bertz CT molecular complexity index is 362. The molecule has 19 heavy (non-hydrogen) atoms.